The predicted octanol–water partition coefficient (Wildman–Crippen LogP) is 0.268. The summed E-state index contributed by atoms with van der Waals surface area (Å²) in [6.07, 6.45) is 3.33. The minimum Gasteiger partial charge on any atom is -0.393 e. The van der Waals surface area contributed by atoms with E-state index in [2.05, 4.69) is 16.8 Å². The monoisotopic (exact) mass is 274 g/mol. The molecule has 1 aromatic rings. The maximum Gasteiger partial charge on any atom is 0.255 e. The average molecular weight is 274 g/mol. The van der Waals surface area contributed by atoms with E-state index in [0.29, 0.717) is 30.6 Å². The average Bonchev–Trinajstić information content (AvgIpc) is 2.47. The van der Waals surface area contributed by atoms with E-state index in [1.54, 1.807) is 17.2 Å². The second kappa shape index (κ2) is 6.51. The van der Waals surface area contributed by atoms with E-state index in [1.165, 1.54) is 6.20 Å². The molecule has 5 nitrogen and oxygen atoms in total. The molecule has 2 heterocycles. The van der Waals surface area contributed by atoms with Crippen molar-refractivity contribution in [2.24, 2.45) is 5.92 Å². The van der Waals surface area contributed by atoms with Crippen LogP contribution in [0.4, 0.5) is 0 Å². The van der Waals surface area contributed by atoms with Crippen LogP contribution in [0, 0.1) is 17.8 Å². The SMILES string of the molecule is CC1CN(C(=O)c2ccncc2C#CCO)CCC1O. The van der Waals surface area contributed by atoms with Gasteiger partial charge in [-0.05, 0) is 18.4 Å². The number of piperidine rings is 1. The van der Waals surface area contributed by atoms with Crippen LogP contribution in [0.2, 0.25) is 0 Å². The Labute approximate surface area is 118 Å². The van der Waals surface area contributed by atoms with E-state index < -0.39 is 0 Å². The van der Waals surface area contributed by atoms with Crippen molar-refractivity contribution in [3.63, 3.8) is 0 Å². The number of rotatable bonds is 1. The molecule has 0 saturated carbocycles. The molecule has 0 spiro atoms. The number of likely N-dealkylation sites (tertiary alicyclic amines) is 1. The fourth-order valence-corrected chi connectivity index (χ4v) is 2.30. The van der Waals surface area contributed by atoms with Gasteiger partial charge in [-0.25, -0.2) is 0 Å². The summed E-state index contributed by atoms with van der Waals surface area (Å²) in [5, 5.41) is 18.5. The Hall–Kier alpha value is -1.90. The van der Waals surface area contributed by atoms with E-state index in [4.69, 9.17) is 5.11 Å². The first-order chi connectivity index (χ1) is 9.63. The highest BCUT2D eigenvalue weighted by Gasteiger charge is 2.28. The van der Waals surface area contributed by atoms with Gasteiger partial charge in [-0.3, -0.25) is 9.78 Å². The minimum atomic E-state index is -0.342. The Bertz CT molecular complexity index is 548. The molecule has 2 rings (SSSR count). The van der Waals surface area contributed by atoms with Crippen molar-refractivity contribution in [3.05, 3.63) is 29.6 Å². The highest BCUT2D eigenvalue weighted by molar-refractivity contribution is 5.96. The zero-order valence-electron chi connectivity index (χ0n) is 11.4. The van der Waals surface area contributed by atoms with Gasteiger partial charge in [-0.1, -0.05) is 18.8 Å². The van der Waals surface area contributed by atoms with E-state index in [1.807, 2.05) is 6.92 Å². The third-order valence-corrected chi connectivity index (χ3v) is 3.50. The number of amides is 1. The summed E-state index contributed by atoms with van der Waals surface area (Å²) in [5.74, 6) is 5.24. The standard InChI is InChI=1S/C15H18N2O3/c1-11-10-17(7-5-14(11)19)15(20)13-4-6-16-9-12(13)3-2-8-18/h4,6,9,11,14,18-19H,5,7-8,10H2,1H3. The summed E-state index contributed by atoms with van der Waals surface area (Å²) in [7, 11) is 0. The molecular weight excluding hydrogens is 256 g/mol. The van der Waals surface area contributed by atoms with E-state index in [0.717, 1.165) is 0 Å². The van der Waals surface area contributed by atoms with Crippen molar-refractivity contribution in [2.45, 2.75) is 19.4 Å². The van der Waals surface area contributed by atoms with Gasteiger partial charge in [0.25, 0.3) is 5.91 Å². The molecule has 2 atom stereocenters. The third kappa shape index (κ3) is 3.16. The molecule has 0 bridgehead atoms. The lowest BCUT2D eigenvalue weighted by Crippen LogP contribution is -2.45. The smallest absolute Gasteiger partial charge is 0.255 e. The highest BCUT2D eigenvalue weighted by Crippen LogP contribution is 2.19. The fourth-order valence-electron chi connectivity index (χ4n) is 2.30. The van der Waals surface area contributed by atoms with Crippen LogP contribution in [0.5, 0.6) is 0 Å². The number of pyridine rings is 1. The molecular formula is C15H18N2O3. The van der Waals surface area contributed by atoms with E-state index >= 15 is 0 Å². The summed E-state index contributed by atoms with van der Waals surface area (Å²) in [6, 6.07) is 1.64. The molecule has 1 aliphatic rings. The lowest BCUT2D eigenvalue weighted by molar-refractivity contribution is 0.0297. The molecule has 0 aliphatic carbocycles. The van der Waals surface area contributed by atoms with Crippen molar-refractivity contribution >= 4 is 5.91 Å². The fraction of sp³-hybridized carbons (Fsp3) is 0.467. The largest absolute Gasteiger partial charge is 0.393 e. The third-order valence-electron chi connectivity index (χ3n) is 3.50. The van der Waals surface area contributed by atoms with Gasteiger partial charge < -0.3 is 15.1 Å². The summed E-state index contributed by atoms with van der Waals surface area (Å²) in [4.78, 5) is 18.2. The first-order valence-corrected chi connectivity index (χ1v) is 6.64. The molecule has 20 heavy (non-hydrogen) atoms. The molecule has 2 unspecified atom stereocenters. The predicted molar refractivity (Wildman–Crippen MR) is 73.9 cm³/mol. The molecule has 2 N–H and O–H groups in total. The number of hydrogen-bond donors (Lipinski definition) is 2. The second-order valence-electron chi connectivity index (χ2n) is 4.97. The molecule has 1 saturated heterocycles. The van der Waals surface area contributed by atoms with Crippen LogP contribution in [0.15, 0.2) is 18.5 Å². The van der Waals surface area contributed by atoms with Crippen LogP contribution in [-0.2, 0) is 0 Å². The van der Waals surface area contributed by atoms with E-state index in [9.17, 15) is 9.90 Å². The molecule has 1 amide bonds. The number of aliphatic hydroxyl groups is 2. The van der Waals surface area contributed by atoms with Crippen LogP contribution < -0.4 is 0 Å². The Morgan fingerprint density at radius 2 is 2.40 bits per heavy atom. The number of hydrogen-bond acceptors (Lipinski definition) is 4. The number of nitrogens with zero attached hydrogens (tertiary/aromatic N) is 2. The first kappa shape index (κ1) is 14.5. The number of carbonyl (C=O) groups excluding carboxylic acids is 1. The number of aromatic nitrogens is 1. The maximum absolute atomic E-state index is 12.5. The summed E-state index contributed by atoms with van der Waals surface area (Å²) < 4.78 is 0. The lowest BCUT2D eigenvalue weighted by Gasteiger charge is -2.34. The Balaban J connectivity index is 2.21. The van der Waals surface area contributed by atoms with Crippen LogP contribution in [-0.4, -0.2) is 51.8 Å². The van der Waals surface area contributed by atoms with Crippen LogP contribution in [0.3, 0.4) is 0 Å². The molecule has 106 valence electrons. The zero-order valence-corrected chi connectivity index (χ0v) is 11.4. The topological polar surface area (TPSA) is 73.7 Å². The van der Waals surface area contributed by atoms with Crippen LogP contribution in [0.1, 0.15) is 29.3 Å². The minimum absolute atomic E-state index is 0.0708. The van der Waals surface area contributed by atoms with Gasteiger partial charge in [-0.2, -0.15) is 0 Å². The quantitative estimate of drug-likeness (QED) is 0.721. The van der Waals surface area contributed by atoms with Crippen molar-refractivity contribution in [2.75, 3.05) is 19.7 Å². The molecule has 1 fully saturated rings. The normalized spacial score (nSPS) is 22.1. The van der Waals surface area contributed by atoms with Crippen molar-refractivity contribution in [3.8, 4) is 11.8 Å². The van der Waals surface area contributed by atoms with Crippen molar-refractivity contribution < 1.29 is 15.0 Å². The van der Waals surface area contributed by atoms with E-state index in [-0.39, 0.29) is 24.5 Å². The molecule has 0 aromatic carbocycles. The Kier molecular flexibility index (Phi) is 4.72. The maximum atomic E-state index is 12.5. The van der Waals surface area contributed by atoms with Gasteiger partial charge in [0.15, 0.2) is 0 Å². The lowest BCUT2D eigenvalue weighted by atomic mass is 9.96. The molecule has 1 aliphatic heterocycles. The van der Waals surface area contributed by atoms with Gasteiger partial charge in [0.2, 0.25) is 0 Å². The Morgan fingerprint density at radius 1 is 1.60 bits per heavy atom. The van der Waals surface area contributed by atoms with Gasteiger partial charge >= 0.3 is 0 Å². The van der Waals surface area contributed by atoms with Crippen LogP contribution in [0.25, 0.3) is 0 Å². The Morgan fingerprint density at radius 3 is 3.10 bits per heavy atom. The van der Waals surface area contributed by atoms with Crippen LogP contribution >= 0.6 is 0 Å². The van der Waals surface area contributed by atoms with Gasteiger partial charge in [-0.15, -0.1) is 0 Å². The molecule has 1 aromatic heterocycles. The second-order valence-corrected chi connectivity index (χ2v) is 4.97. The summed E-state index contributed by atoms with van der Waals surface area (Å²) >= 11 is 0. The highest BCUT2D eigenvalue weighted by atomic mass is 16.3. The first-order valence-electron chi connectivity index (χ1n) is 6.64. The molecule has 0 radical (unpaired) electrons. The van der Waals surface area contributed by atoms with Gasteiger partial charge in [0.05, 0.1) is 17.2 Å². The van der Waals surface area contributed by atoms with Crippen molar-refractivity contribution in [1.82, 2.24) is 9.88 Å². The van der Waals surface area contributed by atoms with Crippen molar-refractivity contribution in [1.29, 1.82) is 0 Å². The number of aliphatic hydroxyl groups excluding tert-OH is 2. The number of carbonyl (C=O) groups is 1. The summed E-state index contributed by atoms with van der Waals surface area (Å²) in [6.45, 7) is 2.76. The van der Waals surface area contributed by atoms with Gasteiger partial charge in [0, 0.05) is 25.5 Å². The van der Waals surface area contributed by atoms with Gasteiger partial charge in [0.1, 0.15) is 6.61 Å². The zero-order chi connectivity index (χ0) is 14.5. The summed E-state index contributed by atoms with van der Waals surface area (Å²) in [5.41, 5.74) is 1.01. The molecule has 5 heteroatoms.